The van der Waals surface area contributed by atoms with Crippen LogP contribution in [-0.2, 0) is 4.74 Å². The molecule has 72 valence electrons. The van der Waals surface area contributed by atoms with Crippen molar-refractivity contribution in [3.63, 3.8) is 0 Å². The van der Waals surface area contributed by atoms with Crippen LogP contribution in [0.3, 0.4) is 0 Å². The standard InChI is InChI=1S/C6H13NO4S/c7-3-5(10)4(9)2(1-8)11-6(3)12/h2-6,8-10,12H,1,7H2/t2?,3?,4-,5-,6+/m1/s1. The number of ether oxygens (including phenoxy) is 1. The zero-order chi connectivity index (χ0) is 9.30. The maximum Gasteiger partial charge on any atom is 0.118 e. The Morgan fingerprint density at radius 3 is 2.42 bits per heavy atom. The van der Waals surface area contributed by atoms with Crippen LogP contribution in [0.1, 0.15) is 0 Å². The van der Waals surface area contributed by atoms with E-state index in [2.05, 4.69) is 12.6 Å². The van der Waals surface area contributed by atoms with E-state index in [1.807, 2.05) is 0 Å². The summed E-state index contributed by atoms with van der Waals surface area (Å²) in [4.78, 5) is 0. The highest BCUT2D eigenvalue weighted by molar-refractivity contribution is 7.80. The zero-order valence-electron chi connectivity index (χ0n) is 6.37. The van der Waals surface area contributed by atoms with Crippen LogP contribution in [0.5, 0.6) is 0 Å². The Kier molecular flexibility index (Phi) is 3.33. The summed E-state index contributed by atoms with van der Waals surface area (Å²) >= 11 is 3.94. The lowest BCUT2D eigenvalue weighted by atomic mass is 9.99. The first-order valence-corrected chi connectivity index (χ1v) is 4.15. The monoisotopic (exact) mass is 195 g/mol. The predicted octanol–water partition coefficient (Wildman–Crippen LogP) is -2.32. The average Bonchev–Trinajstić information content (AvgIpc) is 2.08. The summed E-state index contributed by atoms with van der Waals surface area (Å²) in [6.07, 6.45) is -3.05. The number of aliphatic hydroxyl groups is 3. The Labute approximate surface area is 75.5 Å². The van der Waals surface area contributed by atoms with E-state index < -0.39 is 29.8 Å². The van der Waals surface area contributed by atoms with Crippen molar-refractivity contribution in [3.8, 4) is 0 Å². The number of hydrogen-bond acceptors (Lipinski definition) is 6. The Bertz CT molecular complexity index is 154. The summed E-state index contributed by atoms with van der Waals surface area (Å²) < 4.78 is 5.01. The van der Waals surface area contributed by atoms with E-state index in [1.54, 1.807) is 0 Å². The molecule has 0 amide bonds. The number of nitrogens with two attached hydrogens (primary N) is 1. The van der Waals surface area contributed by atoms with Gasteiger partial charge in [-0.15, -0.1) is 12.6 Å². The van der Waals surface area contributed by atoms with Gasteiger partial charge in [0.2, 0.25) is 0 Å². The van der Waals surface area contributed by atoms with Crippen molar-refractivity contribution in [1.82, 2.24) is 0 Å². The predicted molar refractivity (Wildman–Crippen MR) is 44.7 cm³/mol. The minimum atomic E-state index is -1.15. The molecule has 12 heavy (non-hydrogen) atoms. The molecule has 0 aliphatic carbocycles. The lowest BCUT2D eigenvalue weighted by Gasteiger charge is -2.38. The Morgan fingerprint density at radius 1 is 1.33 bits per heavy atom. The fourth-order valence-electron chi connectivity index (χ4n) is 1.12. The molecule has 0 aromatic heterocycles. The highest BCUT2D eigenvalue weighted by Crippen LogP contribution is 2.21. The van der Waals surface area contributed by atoms with Gasteiger partial charge in [-0.3, -0.25) is 0 Å². The van der Waals surface area contributed by atoms with Crippen LogP contribution in [0.2, 0.25) is 0 Å². The second-order valence-electron chi connectivity index (χ2n) is 2.81. The molecular weight excluding hydrogens is 182 g/mol. The minimum Gasteiger partial charge on any atom is -0.394 e. The van der Waals surface area contributed by atoms with E-state index in [1.165, 1.54) is 0 Å². The van der Waals surface area contributed by atoms with Crippen LogP contribution in [0.25, 0.3) is 0 Å². The summed E-state index contributed by atoms with van der Waals surface area (Å²) in [5.74, 6) is 0. The first-order valence-electron chi connectivity index (χ1n) is 3.64. The molecule has 0 bridgehead atoms. The molecule has 0 spiro atoms. The molecule has 1 rings (SSSR count). The second-order valence-corrected chi connectivity index (χ2v) is 3.32. The number of aliphatic hydroxyl groups excluding tert-OH is 3. The molecule has 1 aliphatic rings. The molecule has 0 radical (unpaired) electrons. The van der Waals surface area contributed by atoms with E-state index in [0.717, 1.165) is 0 Å². The SMILES string of the molecule is NC1[C@H](S)OC(CO)[C@@H](O)[C@@H]1O. The van der Waals surface area contributed by atoms with Crippen LogP contribution >= 0.6 is 12.6 Å². The Morgan fingerprint density at radius 2 is 1.92 bits per heavy atom. The van der Waals surface area contributed by atoms with Crippen molar-refractivity contribution in [2.24, 2.45) is 5.73 Å². The van der Waals surface area contributed by atoms with Crippen LogP contribution < -0.4 is 5.73 Å². The van der Waals surface area contributed by atoms with Crippen LogP contribution in [0, 0.1) is 0 Å². The maximum atomic E-state index is 9.30. The smallest absolute Gasteiger partial charge is 0.118 e. The average molecular weight is 195 g/mol. The third-order valence-corrected chi connectivity index (χ3v) is 2.41. The molecule has 1 heterocycles. The Balaban J connectivity index is 2.63. The molecule has 0 saturated carbocycles. The number of thiol groups is 1. The van der Waals surface area contributed by atoms with Gasteiger partial charge in [0.1, 0.15) is 23.7 Å². The van der Waals surface area contributed by atoms with Gasteiger partial charge in [0, 0.05) is 0 Å². The molecule has 0 aromatic carbocycles. The van der Waals surface area contributed by atoms with Crippen molar-refractivity contribution in [2.75, 3.05) is 6.61 Å². The molecule has 5 N–H and O–H groups in total. The summed E-state index contributed by atoms with van der Waals surface area (Å²) in [7, 11) is 0. The fraction of sp³-hybridized carbons (Fsp3) is 1.00. The molecule has 1 saturated heterocycles. The Hall–Kier alpha value is 0.150. The van der Waals surface area contributed by atoms with Crippen LogP contribution in [0.15, 0.2) is 0 Å². The van der Waals surface area contributed by atoms with Gasteiger partial charge in [0.15, 0.2) is 0 Å². The number of rotatable bonds is 1. The van der Waals surface area contributed by atoms with Gasteiger partial charge in [-0.1, -0.05) is 0 Å². The van der Waals surface area contributed by atoms with Crippen molar-refractivity contribution in [3.05, 3.63) is 0 Å². The van der Waals surface area contributed by atoms with Crippen molar-refractivity contribution in [2.45, 2.75) is 29.8 Å². The topological polar surface area (TPSA) is 95.9 Å². The summed E-state index contributed by atoms with van der Waals surface area (Å²) in [6, 6.07) is -0.730. The van der Waals surface area contributed by atoms with Crippen molar-refractivity contribution in [1.29, 1.82) is 0 Å². The quantitative estimate of drug-likeness (QED) is 0.303. The molecule has 6 heteroatoms. The first kappa shape index (κ1) is 10.2. The molecule has 5 atom stereocenters. The van der Waals surface area contributed by atoms with Gasteiger partial charge in [-0.2, -0.15) is 0 Å². The molecular formula is C6H13NO4S. The molecule has 0 aromatic rings. The van der Waals surface area contributed by atoms with Crippen molar-refractivity contribution >= 4 is 12.6 Å². The second kappa shape index (κ2) is 3.91. The summed E-state index contributed by atoms with van der Waals surface area (Å²) in [5.41, 5.74) is 4.78. The normalized spacial score (nSPS) is 49.2. The van der Waals surface area contributed by atoms with E-state index in [4.69, 9.17) is 15.6 Å². The molecule has 2 unspecified atom stereocenters. The first-order chi connectivity index (χ1) is 5.57. The van der Waals surface area contributed by atoms with Gasteiger partial charge in [0.05, 0.1) is 12.6 Å². The van der Waals surface area contributed by atoms with Gasteiger partial charge in [0.25, 0.3) is 0 Å². The van der Waals surface area contributed by atoms with Gasteiger partial charge in [-0.05, 0) is 0 Å². The van der Waals surface area contributed by atoms with Crippen LogP contribution in [0.4, 0.5) is 0 Å². The van der Waals surface area contributed by atoms with Gasteiger partial charge in [-0.25, -0.2) is 0 Å². The van der Waals surface area contributed by atoms with Gasteiger partial charge >= 0.3 is 0 Å². The van der Waals surface area contributed by atoms with E-state index >= 15 is 0 Å². The van der Waals surface area contributed by atoms with Crippen LogP contribution in [-0.4, -0.2) is 51.7 Å². The fourth-order valence-corrected chi connectivity index (χ4v) is 1.45. The summed E-state index contributed by atoms with van der Waals surface area (Å²) in [6.45, 7) is -0.359. The third kappa shape index (κ3) is 1.73. The minimum absolute atomic E-state index is 0.359. The summed E-state index contributed by atoms with van der Waals surface area (Å²) in [5, 5.41) is 27.3. The number of hydrogen-bond donors (Lipinski definition) is 5. The molecule has 5 nitrogen and oxygen atoms in total. The molecule has 1 aliphatic heterocycles. The van der Waals surface area contributed by atoms with Gasteiger partial charge < -0.3 is 25.8 Å². The third-order valence-electron chi connectivity index (χ3n) is 1.95. The lowest BCUT2D eigenvalue weighted by molar-refractivity contribution is -0.165. The van der Waals surface area contributed by atoms with E-state index in [9.17, 15) is 10.2 Å². The highest BCUT2D eigenvalue weighted by Gasteiger charge is 2.40. The lowest BCUT2D eigenvalue weighted by Crippen LogP contribution is -2.60. The molecule has 1 fully saturated rings. The van der Waals surface area contributed by atoms with Crippen molar-refractivity contribution < 1.29 is 20.1 Å². The van der Waals surface area contributed by atoms with E-state index in [0.29, 0.717) is 0 Å². The largest absolute Gasteiger partial charge is 0.394 e. The highest BCUT2D eigenvalue weighted by atomic mass is 32.1. The van der Waals surface area contributed by atoms with E-state index in [-0.39, 0.29) is 6.61 Å². The zero-order valence-corrected chi connectivity index (χ0v) is 7.26. The maximum absolute atomic E-state index is 9.30.